The molecule has 0 N–H and O–H groups in total. The first kappa shape index (κ1) is 31.9. The molecule has 3 aromatic rings. The quantitative estimate of drug-likeness (QED) is 0.280. The van der Waals surface area contributed by atoms with Gasteiger partial charge < -0.3 is 0 Å². The Balaban J connectivity index is 0.00000210. The molecule has 2 heterocycles. The average molecular weight is 610 g/mol. The van der Waals surface area contributed by atoms with Crippen LogP contribution in [-0.4, -0.2) is 50.1 Å². The van der Waals surface area contributed by atoms with Gasteiger partial charge in [0.1, 0.15) is 0 Å². The summed E-state index contributed by atoms with van der Waals surface area (Å²) in [4.78, 5) is 5.42. The Bertz CT molecular complexity index is 1300. The Labute approximate surface area is 251 Å². The molecule has 0 amide bonds. The molecule has 8 heteroatoms. The monoisotopic (exact) mass is 608 g/mol. The Morgan fingerprint density at radius 1 is 0.718 bits per heavy atom. The number of hydrogen-bond acceptors (Lipinski definition) is 4. The number of likely N-dealkylation sites (tertiary alicyclic amines) is 1. The molecule has 0 aliphatic carbocycles. The standard InChI is InChI=1S/C31H37ClN2O2S.2ClH/c32-30-8-4-7-27(21-30)24-33-16-11-25(12-17-33)15-20-37(35,36)31-10-9-28-13-18-34(19-14-29(28)22-31)23-26-5-2-1-3-6-26;;/h1-10,21-22,25H,11-20,23-24H2;2*1H. The summed E-state index contributed by atoms with van der Waals surface area (Å²) in [5, 5.41) is 0.778. The zero-order chi connectivity index (χ0) is 25.7. The van der Waals surface area contributed by atoms with Crippen molar-refractivity contribution in [2.75, 3.05) is 31.9 Å². The fourth-order valence-corrected chi connectivity index (χ4v) is 7.40. The molecule has 2 aliphatic rings. The molecule has 1 saturated heterocycles. The maximum atomic E-state index is 13.3. The van der Waals surface area contributed by atoms with E-state index in [9.17, 15) is 8.42 Å². The van der Waals surface area contributed by atoms with E-state index in [-0.39, 0.29) is 30.6 Å². The van der Waals surface area contributed by atoms with E-state index in [0.717, 1.165) is 76.4 Å². The van der Waals surface area contributed by atoms with Crippen molar-refractivity contribution in [1.29, 1.82) is 0 Å². The number of piperidine rings is 1. The molecule has 0 radical (unpaired) electrons. The van der Waals surface area contributed by atoms with E-state index >= 15 is 0 Å². The molecule has 0 aromatic heterocycles. The molecule has 3 aromatic carbocycles. The van der Waals surface area contributed by atoms with Gasteiger partial charge in [0.15, 0.2) is 9.84 Å². The van der Waals surface area contributed by atoms with Crippen molar-refractivity contribution in [3.8, 4) is 0 Å². The molecule has 0 atom stereocenters. The highest BCUT2D eigenvalue weighted by atomic mass is 35.5. The van der Waals surface area contributed by atoms with Crippen molar-refractivity contribution in [2.24, 2.45) is 5.92 Å². The molecule has 5 rings (SSSR count). The third kappa shape index (κ3) is 8.94. The van der Waals surface area contributed by atoms with E-state index in [1.165, 1.54) is 22.3 Å². The van der Waals surface area contributed by atoms with Gasteiger partial charge in [-0.05, 0) is 97.6 Å². The van der Waals surface area contributed by atoms with Crippen LogP contribution in [0.1, 0.15) is 41.5 Å². The lowest BCUT2D eigenvalue weighted by Gasteiger charge is -2.32. The highest BCUT2D eigenvalue weighted by Gasteiger charge is 2.24. The predicted molar refractivity (Wildman–Crippen MR) is 166 cm³/mol. The van der Waals surface area contributed by atoms with Crippen LogP contribution in [0.2, 0.25) is 5.02 Å². The lowest BCUT2D eigenvalue weighted by atomic mass is 9.94. The molecule has 4 nitrogen and oxygen atoms in total. The zero-order valence-corrected chi connectivity index (χ0v) is 25.5. The fraction of sp³-hybridized carbons (Fsp3) is 0.419. The molecule has 0 bridgehead atoms. The van der Waals surface area contributed by atoms with E-state index in [1.54, 1.807) is 0 Å². The number of rotatable bonds is 8. The second kappa shape index (κ2) is 14.9. The van der Waals surface area contributed by atoms with Crippen LogP contribution in [0, 0.1) is 5.92 Å². The van der Waals surface area contributed by atoms with Crippen LogP contribution < -0.4 is 0 Å². The van der Waals surface area contributed by atoms with Gasteiger partial charge >= 0.3 is 0 Å². The van der Waals surface area contributed by atoms with Gasteiger partial charge in [0.05, 0.1) is 10.6 Å². The number of sulfone groups is 1. The number of benzene rings is 3. The summed E-state index contributed by atoms with van der Waals surface area (Å²) in [7, 11) is -3.28. The molecule has 39 heavy (non-hydrogen) atoms. The topological polar surface area (TPSA) is 40.6 Å². The van der Waals surface area contributed by atoms with Crippen LogP contribution in [0.15, 0.2) is 77.7 Å². The molecule has 2 aliphatic heterocycles. The summed E-state index contributed by atoms with van der Waals surface area (Å²) in [6.45, 7) is 5.83. The predicted octanol–water partition coefficient (Wildman–Crippen LogP) is 6.86. The van der Waals surface area contributed by atoms with Crippen molar-refractivity contribution < 1.29 is 8.42 Å². The lowest BCUT2D eigenvalue weighted by Crippen LogP contribution is -2.33. The Hall–Kier alpha value is -1.60. The maximum Gasteiger partial charge on any atom is 0.178 e. The first-order valence-corrected chi connectivity index (χ1v) is 15.6. The number of nitrogens with zero attached hydrogens (tertiary/aromatic N) is 2. The van der Waals surface area contributed by atoms with Gasteiger partial charge in [0, 0.05) is 31.2 Å². The largest absolute Gasteiger partial charge is 0.299 e. The maximum absolute atomic E-state index is 13.3. The smallest absolute Gasteiger partial charge is 0.178 e. The Morgan fingerprint density at radius 2 is 1.36 bits per heavy atom. The second-order valence-corrected chi connectivity index (χ2v) is 13.2. The third-order valence-corrected chi connectivity index (χ3v) is 9.96. The molecule has 0 unspecified atom stereocenters. The Kier molecular flexibility index (Phi) is 12.2. The zero-order valence-electron chi connectivity index (χ0n) is 22.3. The molecule has 0 saturated carbocycles. The van der Waals surface area contributed by atoms with Gasteiger partial charge in [-0.1, -0.05) is 60.1 Å². The first-order valence-electron chi connectivity index (χ1n) is 13.5. The van der Waals surface area contributed by atoms with Gasteiger partial charge in [-0.3, -0.25) is 9.80 Å². The van der Waals surface area contributed by atoms with Gasteiger partial charge in [0.25, 0.3) is 0 Å². The van der Waals surface area contributed by atoms with Crippen molar-refractivity contribution in [3.63, 3.8) is 0 Å². The van der Waals surface area contributed by atoms with Crippen LogP contribution in [0.4, 0.5) is 0 Å². The summed E-state index contributed by atoms with van der Waals surface area (Å²) >= 11 is 6.13. The second-order valence-electron chi connectivity index (χ2n) is 10.6. The highest BCUT2D eigenvalue weighted by Crippen LogP contribution is 2.26. The molecule has 1 fully saturated rings. The van der Waals surface area contributed by atoms with Crippen molar-refractivity contribution in [2.45, 2.75) is 50.1 Å². The van der Waals surface area contributed by atoms with Crippen LogP contribution in [0.25, 0.3) is 0 Å². The van der Waals surface area contributed by atoms with Crippen LogP contribution in [0.5, 0.6) is 0 Å². The van der Waals surface area contributed by atoms with Crippen molar-refractivity contribution >= 4 is 46.3 Å². The summed E-state index contributed by atoms with van der Waals surface area (Å²) in [5.41, 5.74) is 5.06. The minimum absolute atomic E-state index is 0. The normalized spacial score (nSPS) is 16.9. The van der Waals surface area contributed by atoms with Gasteiger partial charge in [-0.25, -0.2) is 8.42 Å². The van der Waals surface area contributed by atoms with Crippen molar-refractivity contribution in [1.82, 2.24) is 9.80 Å². The van der Waals surface area contributed by atoms with Gasteiger partial charge in [-0.15, -0.1) is 24.8 Å². The number of halogens is 3. The average Bonchev–Trinajstić information content (AvgIpc) is 3.11. The minimum Gasteiger partial charge on any atom is -0.299 e. The first-order chi connectivity index (χ1) is 17.9. The summed E-state index contributed by atoms with van der Waals surface area (Å²) in [6.07, 6.45) is 4.72. The number of hydrogen-bond donors (Lipinski definition) is 0. The molecular formula is C31H39Cl3N2O2S. The number of fused-ring (bicyclic) bond motifs is 1. The molecular weight excluding hydrogens is 571 g/mol. The van der Waals surface area contributed by atoms with E-state index in [4.69, 9.17) is 11.6 Å². The van der Waals surface area contributed by atoms with E-state index in [2.05, 4.69) is 52.3 Å². The summed E-state index contributed by atoms with van der Waals surface area (Å²) < 4.78 is 26.5. The van der Waals surface area contributed by atoms with Gasteiger partial charge in [-0.2, -0.15) is 0 Å². The summed E-state index contributed by atoms with van der Waals surface area (Å²) in [6, 6.07) is 24.5. The van der Waals surface area contributed by atoms with E-state index in [1.807, 2.05) is 30.3 Å². The van der Waals surface area contributed by atoms with E-state index < -0.39 is 9.84 Å². The van der Waals surface area contributed by atoms with Crippen LogP contribution in [-0.2, 0) is 35.8 Å². The fourth-order valence-electron chi connectivity index (χ4n) is 5.71. The third-order valence-electron chi connectivity index (χ3n) is 7.98. The van der Waals surface area contributed by atoms with Crippen LogP contribution in [0.3, 0.4) is 0 Å². The lowest BCUT2D eigenvalue weighted by molar-refractivity contribution is 0.175. The van der Waals surface area contributed by atoms with Crippen molar-refractivity contribution in [3.05, 3.63) is 100 Å². The van der Waals surface area contributed by atoms with E-state index in [0.29, 0.717) is 10.8 Å². The summed E-state index contributed by atoms with van der Waals surface area (Å²) in [5.74, 6) is 0.711. The molecule has 0 spiro atoms. The SMILES string of the molecule is Cl.Cl.O=S(=O)(CCC1CCN(Cc2cccc(Cl)c2)CC1)c1ccc2c(c1)CCN(Cc1ccccc1)CC2. The Morgan fingerprint density at radius 3 is 2.08 bits per heavy atom. The van der Waals surface area contributed by atoms with Crippen LogP contribution >= 0.6 is 36.4 Å². The highest BCUT2D eigenvalue weighted by molar-refractivity contribution is 7.91. The molecule has 212 valence electrons. The minimum atomic E-state index is -3.28. The van der Waals surface area contributed by atoms with Gasteiger partial charge in [0.2, 0.25) is 0 Å².